The summed E-state index contributed by atoms with van der Waals surface area (Å²) in [6.07, 6.45) is 0.566. The molecule has 0 bridgehead atoms. The van der Waals surface area contributed by atoms with Crippen molar-refractivity contribution >= 4 is 39.0 Å². The summed E-state index contributed by atoms with van der Waals surface area (Å²) in [5, 5.41) is 0.647. The molecule has 0 radical (unpaired) electrons. The molecule has 1 saturated heterocycles. The van der Waals surface area contributed by atoms with Gasteiger partial charge in [0.1, 0.15) is 0 Å². The number of ketones is 1. The van der Waals surface area contributed by atoms with Crippen molar-refractivity contribution in [1.29, 1.82) is 0 Å². The Hall–Kier alpha value is -0.620. The molecule has 7 heteroatoms. The maximum Gasteiger partial charge on any atom is 0.214 e. The molecule has 0 unspecified atom stereocenters. The summed E-state index contributed by atoms with van der Waals surface area (Å²) in [6, 6.07) is 4.52. The number of carbonyl (C=O) groups is 1. The highest BCUT2D eigenvalue weighted by Crippen LogP contribution is 2.23. The SMILES string of the molecule is O=C(CN1CCCS1(=O)=O)c1ccc(Cl)c(Cl)c1. The number of hydrogen-bond acceptors (Lipinski definition) is 3. The van der Waals surface area contributed by atoms with Crippen molar-refractivity contribution in [3.63, 3.8) is 0 Å². The van der Waals surface area contributed by atoms with Gasteiger partial charge in [0.25, 0.3) is 0 Å². The van der Waals surface area contributed by atoms with E-state index in [0.717, 1.165) is 0 Å². The van der Waals surface area contributed by atoms with Gasteiger partial charge in [0.15, 0.2) is 5.78 Å². The first-order chi connectivity index (χ1) is 8.40. The number of Topliss-reactive ketones (excluding diaryl/α,β-unsaturated/α-hetero) is 1. The normalized spacial score (nSPS) is 19.0. The number of carbonyl (C=O) groups excluding carboxylic acids is 1. The summed E-state index contributed by atoms with van der Waals surface area (Å²) in [7, 11) is -3.25. The van der Waals surface area contributed by atoms with Gasteiger partial charge in [-0.05, 0) is 24.6 Å². The quantitative estimate of drug-likeness (QED) is 0.805. The van der Waals surface area contributed by atoms with E-state index in [1.54, 1.807) is 6.07 Å². The van der Waals surface area contributed by atoms with Crippen LogP contribution in [0.5, 0.6) is 0 Å². The highest BCUT2D eigenvalue weighted by molar-refractivity contribution is 7.89. The molecule has 0 saturated carbocycles. The highest BCUT2D eigenvalue weighted by Gasteiger charge is 2.30. The Morgan fingerprint density at radius 1 is 1.28 bits per heavy atom. The van der Waals surface area contributed by atoms with E-state index in [4.69, 9.17) is 23.2 Å². The molecule has 98 valence electrons. The molecule has 1 aliphatic rings. The second kappa shape index (κ2) is 5.17. The van der Waals surface area contributed by atoms with E-state index in [9.17, 15) is 13.2 Å². The molecular weight excluding hydrogens is 297 g/mol. The monoisotopic (exact) mass is 307 g/mol. The standard InChI is InChI=1S/C11H11Cl2NO3S/c12-9-3-2-8(6-10(9)13)11(15)7-14-4-1-5-18(14,16)17/h2-3,6H,1,4-5,7H2. The minimum atomic E-state index is -3.25. The van der Waals surface area contributed by atoms with Crippen LogP contribution in [0.3, 0.4) is 0 Å². The van der Waals surface area contributed by atoms with Crippen molar-refractivity contribution in [2.75, 3.05) is 18.8 Å². The third-order valence-corrected chi connectivity index (χ3v) is 5.41. The van der Waals surface area contributed by atoms with Gasteiger partial charge < -0.3 is 0 Å². The number of benzene rings is 1. The van der Waals surface area contributed by atoms with Crippen LogP contribution >= 0.6 is 23.2 Å². The van der Waals surface area contributed by atoms with Crippen LogP contribution in [0.2, 0.25) is 10.0 Å². The minimum absolute atomic E-state index is 0.113. The molecule has 0 spiro atoms. The Morgan fingerprint density at radius 2 is 2.00 bits per heavy atom. The second-order valence-corrected chi connectivity index (χ2v) is 6.96. The third-order valence-electron chi connectivity index (χ3n) is 2.76. The van der Waals surface area contributed by atoms with Crippen molar-refractivity contribution in [1.82, 2.24) is 4.31 Å². The topological polar surface area (TPSA) is 54.5 Å². The summed E-state index contributed by atoms with van der Waals surface area (Å²) in [4.78, 5) is 11.9. The van der Waals surface area contributed by atoms with Gasteiger partial charge in [0.2, 0.25) is 10.0 Å². The molecule has 4 nitrogen and oxygen atoms in total. The molecule has 1 aliphatic heterocycles. The lowest BCUT2D eigenvalue weighted by Gasteiger charge is -2.13. The molecule has 0 N–H and O–H groups in total. The molecule has 1 fully saturated rings. The summed E-state index contributed by atoms with van der Waals surface area (Å²) >= 11 is 11.6. The zero-order chi connectivity index (χ0) is 13.3. The van der Waals surface area contributed by atoms with Gasteiger partial charge in [-0.25, -0.2) is 8.42 Å². The average Bonchev–Trinajstić information content (AvgIpc) is 2.62. The smallest absolute Gasteiger partial charge is 0.214 e. The number of rotatable bonds is 3. The zero-order valence-electron chi connectivity index (χ0n) is 9.40. The van der Waals surface area contributed by atoms with Crippen LogP contribution in [0.15, 0.2) is 18.2 Å². The number of hydrogen-bond donors (Lipinski definition) is 0. The van der Waals surface area contributed by atoms with Crippen molar-refractivity contribution in [2.45, 2.75) is 6.42 Å². The zero-order valence-corrected chi connectivity index (χ0v) is 11.7. The first-order valence-electron chi connectivity index (χ1n) is 5.36. The molecule has 0 aromatic heterocycles. The third kappa shape index (κ3) is 2.85. The van der Waals surface area contributed by atoms with Crippen LogP contribution in [0, 0.1) is 0 Å². The summed E-state index contributed by atoms with van der Waals surface area (Å²) in [5.74, 6) is -0.166. The van der Waals surface area contributed by atoms with Gasteiger partial charge in [-0.3, -0.25) is 4.79 Å². The largest absolute Gasteiger partial charge is 0.293 e. The van der Waals surface area contributed by atoms with E-state index >= 15 is 0 Å². The molecule has 0 atom stereocenters. The molecule has 1 aromatic rings. The van der Waals surface area contributed by atoms with Crippen LogP contribution < -0.4 is 0 Å². The Kier molecular flexibility index (Phi) is 3.96. The molecule has 1 heterocycles. The van der Waals surface area contributed by atoms with Gasteiger partial charge >= 0.3 is 0 Å². The fraction of sp³-hybridized carbons (Fsp3) is 0.364. The maximum atomic E-state index is 11.9. The number of nitrogens with zero attached hydrogens (tertiary/aromatic N) is 1. The molecule has 18 heavy (non-hydrogen) atoms. The predicted octanol–water partition coefficient (Wildman–Crippen LogP) is 2.21. The number of halogens is 2. The van der Waals surface area contributed by atoms with Crippen molar-refractivity contribution in [3.05, 3.63) is 33.8 Å². The Labute approximate surface area is 116 Å². The van der Waals surface area contributed by atoms with E-state index in [2.05, 4.69) is 0 Å². The molecular formula is C11H11Cl2NO3S. The molecule has 0 amide bonds. The van der Waals surface area contributed by atoms with Crippen LogP contribution in [0.4, 0.5) is 0 Å². The lowest BCUT2D eigenvalue weighted by atomic mass is 10.1. The van der Waals surface area contributed by atoms with Gasteiger partial charge in [-0.15, -0.1) is 0 Å². The predicted molar refractivity (Wildman–Crippen MR) is 70.8 cm³/mol. The summed E-state index contributed by atoms with van der Waals surface area (Å²) in [6.45, 7) is 0.260. The van der Waals surface area contributed by atoms with E-state index in [0.29, 0.717) is 23.6 Å². The van der Waals surface area contributed by atoms with Gasteiger partial charge in [-0.2, -0.15) is 4.31 Å². The van der Waals surface area contributed by atoms with E-state index < -0.39 is 10.0 Å². The van der Waals surface area contributed by atoms with Crippen molar-refractivity contribution < 1.29 is 13.2 Å². The lowest BCUT2D eigenvalue weighted by Crippen LogP contribution is -2.31. The van der Waals surface area contributed by atoms with Crippen LogP contribution in [-0.2, 0) is 10.0 Å². The van der Waals surface area contributed by atoms with E-state index in [1.807, 2.05) is 0 Å². The van der Waals surface area contributed by atoms with Crippen LogP contribution in [-0.4, -0.2) is 37.3 Å². The number of sulfonamides is 1. The van der Waals surface area contributed by atoms with Crippen molar-refractivity contribution in [3.8, 4) is 0 Å². The van der Waals surface area contributed by atoms with Gasteiger partial charge in [-0.1, -0.05) is 23.2 Å². The summed E-state index contributed by atoms with van der Waals surface area (Å²) in [5.41, 5.74) is 0.367. The van der Waals surface area contributed by atoms with Gasteiger partial charge in [0.05, 0.1) is 22.3 Å². The first kappa shape index (κ1) is 13.8. The average molecular weight is 308 g/mol. The Balaban J connectivity index is 2.15. The van der Waals surface area contributed by atoms with Crippen LogP contribution in [0.1, 0.15) is 16.8 Å². The lowest BCUT2D eigenvalue weighted by molar-refractivity contribution is 0.0969. The molecule has 2 rings (SSSR count). The molecule has 1 aromatic carbocycles. The van der Waals surface area contributed by atoms with E-state index in [-0.39, 0.29) is 23.1 Å². The minimum Gasteiger partial charge on any atom is -0.293 e. The van der Waals surface area contributed by atoms with Gasteiger partial charge in [0, 0.05) is 12.1 Å². The Morgan fingerprint density at radius 3 is 2.56 bits per heavy atom. The van der Waals surface area contributed by atoms with Crippen LogP contribution in [0.25, 0.3) is 0 Å². The fourth-order valence-electron chi connectivity index (χ4n) is 1.79. The Bertz CT molecular complexity index is 586. The highest BCUT2D eigenvalue weighted by atomic mass is 35.5. The maximum absolute atomic E-state index is 11.9. The second-order valence-electron chi connectivity index (χ2n) is 4.06. The molecule has 0 aliphatic carbocycles. The fourth-order valence-corrected chi connectivity index (χ4v) is 3.56. The first-order valence-corrected chi connectivity index (χ1v) is 7.73. The van der Waals surface area contributed by atoms with Crippen molar-refractivity contribution in [2.24, 2.45) is 0 Å². The summed E-state index contributed by atoms with van der Waals surface area (Å²) < 4.78 is 24.4. The van der Waals surface area contributed by atoms with E-state index in [1.165, 1.54) is 16.4 Å².